The van der Waals surface area contributed by atoms with Gasteiger partial charge in [-0.1, -0.05) is 6.07 Å². The highest BCUT2D eigenvalue weighted by Gasteiger charge is 2.04. The number of hydrogen-bond donors (Lipinski definition) is 0. The summed E-state index contributed by atoms with van der Waals surface area (Å²) in [6.45, 7) is 3.24. The van der Waals surface area contributed by atoms with E-state index in [0.29, 0.717) is 31.3 Å². The van der Waals surface area contributed by atoms with Crippen molar-refractivity contribution in [2.24, 2.45) is 0 Å². The molecule has 0 radical (unpaired) electrons. The fourth-order valence-corrected chi connectivity index (χ4v) is 1.80. The Morgan fingerprint density at radius 3 is 2.09 bits per heavy atom. The van der Waals surface area contributed by atoms with Crippen LogP contribution in [0.15, 0.2) is 48.5 Å². The van der Waals surface area contributed by atoms with Gasteiger partial charge in [-0.15, -0.1) is 0 Å². The zero-order chi connectivity index (χ0) is 15.8. The van der Waals surface area contributed by atoms with Crippen molar-refractivity contribution < 1.29 is 19.1 Å². The van der Waals surface area contributed by atoms with Gasteiger partial charge in [0.25, 0.3) is 5.69 Å². The van der Waals surface area contributed by atoms with Crippen LogP contribution >= 0.6 is 0 Å². The van der Waals surface area contributed by atoms with Crippen LogP contribution in [-0.2, 0) is 0 Å². The van der Waals surface area contributed by atoms with Gasteiger partial charge in [0.2, 0.25) is 0 Å². The van der Waals surface area contributed by atoms with E-state index in [2.05, 4.69) is 0 Å². The molecule has 0 aliphatic rings. The second-order valence-corrected chi connectivity index (χ2v) is 4.36. The number of nitrogens with zero attached hydrogens (tertiary/aromatic N) is 1. The zero-order valence-corrected chi connectivity index (χ0v) is 12.2. The molecule has 2 rings (SSSR count). The molecule has 0 bridgehead atoms. The van der Waals surface area contributed by atoms with Crippen LogP contribution in [0.25, 0.3) is 0 Å². The van der Waals surface area contributed by atoms with Crippen LogP contribution in [0.1, 0.15) is 6.92 Å². The lowest BCUT2D eigenvalue weighted by Crippen LogP contribution is -2.09. The SMILES string of the molecule is CCOc1cccc(OCCOc2ccc([N+](=O)[O-])cc2)c1. The van der Waals surface area contributed by atoms with Gasteiger partial charge in [0.15, 0.2) is 0 Å². The van der Waals surface area contributed by atoms with Gasteiger partial charge in [-0.05, 0) is 31.2 Å². The zero-order valence-electron chi connectivity index (χ0n) is 12.2. The van der Waals surface area contributed by atoms with Gasteiger partial charge < -0.3 is 14.2 Å². The lowest BCUT2D eigenvalue weighted by Gasteiger charge is -2.09. The molecule has 2 aromatic rings. The molecule has 22 heavy (non-hydrogen) atoms. The van der Waals surface area contributed by atoms with E-state index in [1.807, 2.05) is 31.2 Å². The molecule has 0 unspecified atom stereocenters. The molecule has 2 aromatic carbocycles. The number of non-ortho nitro benzene ring substituents is 1. The van der Waals surface area contributed by atoms with E-state index >= 15 is 0 Å². The topological polar surface area (TPSA) is 70.8 Å². The second kappa shape index (κ2) is 7.87. The Morgan fingerprint density at radius 2 is 1.50 bits per heavy atom. The molecule has 6 heteroatoms. The molecule has 0 aliphatic carbocycles. The summed E-state index contributed by atoms with van der Waals surface area (Å²) in [6, 6.07) is 13.3. The molecule has 0 atom stereocenters. The Bertz CT molecular complexity index is 612. The molecule has 6 nitrogen and oxygen atoms in total. The Morgan fingerprint density at radius 1 is 0.909 bits per heavy atom. The Balaban J connectivity index is 1.77. The van der Waals surface area contributed by atoms with Crippen molar-refractivity contribution in [3.8, 4) is 17.2 Å². The van der Waals surface area contributed by atoms with E-state index in [-0.39, 0.29) is 5.69 Å². The molecule has 0 spiro atoms. The van der Waals surface area contributed by atoms with Gasteiger partial charge in [0, 0.05) is 18.2 Å². The summed E-state index contributed by atoms with van der Waals surface area (Å²) in [4.78, 5) is 10.1. The first kappa shape index (κ1) is 15.6. The van der Waals surface area contributed by atoms with Crippen molar-refractivity contribution in [2.75, 3.05) is 19.8 Å². The number of benzene rings is 2. The summed E-state index contributed by atoms with van der Waals surface area (Å²) in [5.74, 6) is 2.03. The molecule has 116 valence electrons. The van der Waals surface area contributed by atoms with Gasteiger partial charge in [-0.3, -0.25) is 10.1 Å². The quantitative estimate of drug-likeness (QED) is 0.424. The van der Waals surface area contributed by atoms with E-state index in [0.717, 1.165) is 5.75 Å². The average molecular weight is 303 g/mol. The van der Waals surface area contributed by atoms with Crippen LogP contribution < -0.4 is 14.2 Å². The minimum atomic E-state index is -0.446. The lowest BCUT2D eigenvalue weighted by molar-refractivity contribution is -0.384. The fraction of sp³-hybridized carbons (Fsp3) is 0.250. The Hall–Kier alpha value is -2.76. The Labute approximate surface area is 128 Å². The van der Waals surface area contributed by atoms with Gasteiger partial charge >= 0.3 is 0 Å². The van der Waals surface area contributed by atoms with Crippen molar-refractivity contribution in [3.05, 3.63) is 58.6 Å². The minimum absolute atomic E-state index is 0.0383. The molecule has 0 heterocycles. The predicted molar refractivity (Wildman–Crippen MR) is 81.7 cm³/mol. The van der Waals surface area contributed by atoms with Crippen molar-refractivity contribution in [3.63, 3.8) is 0 Å². The molecule has 0 fully saturated rings. The van der Waals surface area contributed by atoms with Crippen molar-refractivity contribution >= 4 is 5.69 Å². The summed E-state index contributed by atoms with van der Waals surface area (Å²) >= 11 is 0. The molecule has 0 saturated heterocycles. The van der Waals surface area contributed by atoms with Crippen LogP contribution in [0.3, 0.4) is 0 Å². The predicted octanol–water partition coefficient (Wildman–Crippen LogP) is 3.45. The summed E-state index contributed by atoms with van der Waals surface area (Å²) in [5, 5.41) is 10.5. The second-order valence-electron chi connectivity index (χ2n) is 4.36. The number of rotatable bonds is 8. The number of ether oxygens (including phenoxy) is 3. The third-order valence-electron chi connectivity index (χ3n) is 2.78. The largest absolute Gasteiger partial charge is 0.494 e. The van der Waals surface area contributed by atoms with E-state index < -0.39 is 4.92 Å². The normalized spacial score (nSPS) is 10.0. The summed E-state index contributed by atoms with van der Waals surface area (Å²) < 4.78 is 16.4. The molecule has 0 aromatic heterocycles. The Kier molecular flexibility index (Phi) is 5.59. The highest BCUT2D eigenvalue weighted by atomic mass is 16.6. The molecule has 0 saturated carbocycles. The third kappa shape index (κ3) is 4.66. The van der Waals surface area contributed by atoms with Crippen LogP contribution in [0.4, 0.5) is 5.69 Å². The van der Waals surface area contributed by atoms with Crippen molar-refractivity contribution in [2.45, 2.75) is 6.92 Å². The van der Waals surface area contributed by atoms with Crippen molar-refractivity contribution in [1.29, 1.82) is 0 Å². The lowest BCUT2D eigenvalue weighted by atomic mass is 10.3. The fourth-order valence-electron chi connectivity index (χ4n) is 1.80. The smallest absolute Gasteiger partial charge is 0.269 e. The molecular weight excluding hydrogens is 286 g/mol. The van der Waals surface area contributed by atoms with E-state index in [9.17, 15) is 10.1 Å². The van der Waals surface area contributed by atoms with Gasteiger partial charge in [-0.2, -0.15) is 0 Å². The maximum atomic E-state index is 10.5. The number of hydrogen-bond acceptors (Lipinski definition) is 5. The molecule has 0 N–H and O–H groups in total. The molecular formula is C16H17NO5. The first-order valence-electron chi connectivity index (χ1n) is 6.92. The van der Waals surface area contributed by atoms with Crippen LogP contribution in [0.2, 0.25) is 0 Å². The van der Waals surface area contributed by atoms with Crippen molar-refractivity contribution in [1.82, 2.24) is 0 Å². The van der Waals surface area contributed by atoms with E-state index in [1.165, 1.54) is 12.1 Å². The monoisotopic (exact) mass is 303 g/mol. The van der Waals surface area contributed by atoms with Gasteiger partial charge in [-0.25, -0.2) is 0 Å². The van der Waals surface area contributed by atoms with Crippen LogP contribution in [0, 0.1) is 10.1 Å². The number of nitro benzene ring substituents is 1. The molecule has 0 amide bonds. The minimum Gasteiger partial charge on any atom is -0.494 e. The van der Waals surface area contributed by atoms with E-state index in [4.69, 9.17) is 14.2 Å². The number of nitro groups is 1. The first-order valence-corrected chi connectivity index (χ1v) is 6.92. The van der Waals surface area contributed by atoms with E-state index in [1.54, 1.807) is 12.1 Å². The highest BCUT2D eigenvalue weighted by molar-refractivity contribution is 5.36. The summed E-state index contributed by atoms with van der Waals surface area (Å²) in [6.07, 6.45) is 0. The summed E-state index contributed by atoms with van der Waals surface area (Å²) in [7, 11) is 0. The third-order valence-corrected chi connectivity index (χ3v) is 2.78. The van der Waals surface area contributed by atoms with Crippen LogP contribution in [0.5, 0.6) is 17.2 Å². The summed E-state index contributed by atoms with van der Waals surface area (Å²) in [5.41, 5.74) is 0.0383. The maximum Gasteiger partial charge on any atom is 0.269 e. The maximum absolute atomic E-state index is 10.5. The van der Waals surface area contributed by atoms with Gasteiger partial charge in [0.05, 0.1) is 11.5 Å². The standard InChI is InChI=1S/C16H17NO5/c1-2-20-15-4-3-5-16(12-15)22-11-10-21-14-8-6-13(7-9-14)17(18)19/h3-9,12H,2,10-11H2,1H3. The molecule has 0 aliphatic heterocycles. The highest BCUT2D eigenvalue weighted by Crippen LogP contribution is 2.20. The van der Waals surface area contributed by atoms with Gasteiger partial charge in [0.1, 0.15) is 30.5 Å². The first-order chi connectivity index (χ1) is 10.7. The average Bonchev–Trinajstić information content (AvgIpc) is 2.53. The van der Waals surface area contributed by atoms with Crippen LogP contribution in [-0.4, -0.2) is 24.7 Å².